The molecule has 1 aromatic rings. The number of benzene rings is 1. The van der Waals surface area contributed by atoms with Crippen molar-refractivity contribution in [3.05, 3.63) is 35.9 Å². The number of nitrogens with two attached hydrogens (primary N) is 1. The van der Waals surface area contributed by atoms with Gasteiger partial charge in [-0.25, -0.2) is 0 Å². The first-order valence-electron chi connectivity index (χ1n) is 7.29. The van der Waals surface area contributed by atoms with Crippen molar-refractivity contribution in [2.75, 3.05) is 13.1 Å². The lowest BCUT2D eigenvalue weighted by molar-refractivity contribution is -0.126. The third kappa shape index (κ3) is 5.55. The Bertz CT molecular complexity index is 460. The molecule has 116 valence electrons. The number of nitrogens with one attached hydrogen (secondary N) is 2. The highest BCUT2D eigenvalue weighted by Gasteiger charge is 2.21. The zero-order valence-electron chi connectivity index (χ0n) is 12.9. The van der Waals surface area contributed by atoms with Gasteiger partial charge in [0.25, 0.3) is 0 Å². The molecule has 0 saturated heterocycles. The lowest BCUT2D eigenvalue weighted by Gasteiger charge is -2.20. The van der Waals surface area contributed by atoms with E-state index in [9.17, 15) is 9.59 Å². The summed E-state index contributed by atoms with van der Waals surface area (Å²) in [6, 6.07) is 9.21. The molecule has 1 aromatic carbocycles. The summed E-state index contributed by atoms with van der Waals surface area (Å²) in [6.45, 7) is 6.29. The van der Waals surface area contributed by atoms with Crippen LogP contribution in [0, 0.1) is 11.8 Å². The third-order valence-corrected chi connectivity index (χ3v) is 3.38. The summed E-state index contributed by atoms with van der Waals surface area (Å²) in [7, 11) is 0. The number of carbonyl (C=O) groups excluding carboxylic acids is 2. The molecule has 0 aromatic heterocycles. The van der Waals surface area contributed by atoms with Gasteiger partial charge in [0.15, 0.2) is 0 Å². The van der Waals surface area contributed by atoms with Gasteiger partial charge in [0, 0.05) is 25.0 Å². The first-order valence-corrected chi connectivity index (χ1v) is 7.29. The van der Waals surface area contributed by atoms with Gasteiger partial charge < -0.3 is 16.4 Å². The third-order valence-electron chi connectivity index (χ3n) is 3.38. The largest absolute Gasteiger partial charge is 0.354 e. The second-order valence-corrected chi connectivity index (χ2v) is 5.46. The molecule has 0 fully saturated rings. The predicted molar refractivity (Wildman–Crippen MR) is 83.4 cm³/mol. The summed E-state index contributed by atoms with van der Waals surface area (Å²) >= 11 is 0. The molecular weight excluding hydrogens is 266 g/mol. The highest BCUT2D eigenvalue weighted by atomic mass is 16.2. The van der Waals surface area contributed by atoms with Gasteiger partial charge >= 0.3 is 0 Å². The smallest absolute Gasteiger partial charge is 0.224 e. The van der Waals surface area contributed by atoms with E-state index in [1.807, 2.05) is 44.2 Å². The highest BCUT2D eigenvalue weighted by Crippen LogP contribution is 2.18. The molecule has 5 heteroatoms. The van der Waals surface area contributed by atoms with E-state index in [1.54, 1.807) is 6.92 Å². The van der Waals surface area contributed by atoms with E-state index in [4.69, 9.17) is 5.73 Å². The number of amides is 2. The van der Waals surface area contributed by atoms with Gasteiger partial charge in [0.1, 0.15) is 0 Å². The molecule has 0 aliphatic rings. The van der Waals surface area contributed by atoms with Crippen LogP contribution in [0.1, 0.15) is 32.4 Å². The quantitative estimate of drug-likeness (QED) is 0.660. The average Bonchev–Trinajstić information content (AvgIpc) is 2.50. The second kappa shape index (κ2) is 8.42. The van der Waals surface area contributed by atoms with Crippen LogP contribution in [0.25, 0.3) is 0 Å². The normalized spacial score (nSPS) is 13.6. The standard InChI is InChI=1S/C16H25N3O2/c1-11(2)15(20)18-9-10-19-16(21)12(3)14(17)13-7-5-4-6-8-13/h4-8,11-12,14H,9-10,17H2,1-3H3,(H,18,20)(H,19,21). The van der Waals surface area contributed by atoms with Crippen molar-refractivity contribution in [3.63, 3.8) is 0 Å². The van der Waals surface area contributed by atoms with Crippen LogP contribution >= 0.6 is 0 Å². The minimum Gasteiger partial charge on any atom is -0.354 e. The van der Waals surface area contributed by atoms with Crippen molar-refractivity contribution < 1.29 is 9.59 Å². The first-order chi connectivity index (χ1) is 9.93. The van der Waals surface area contributed by atoms with E-state index in [2.05, 4.69) is 10.6 Å². The molecule has 0 radical (unpaired) electrons. The van der Waals surface area contributed by atoms with E-state index in [-0.39, 0.29) is 29.7 Å². The van der Waals surface area contributed by atoms with Crippen molar-refractivity contribution >= 4 is 11.8 Å². The van der Waals surface area contributed by atoms with Crippen molar-refractivity contribution in [1.29, 1.82) is 0 Å². The summed E-state index contributed by atoms with van der Waals surface area (Å²) in [5.74, 6) is -0.497. The Labute approximate surface area is 126 Å². The molecule has 21 heavy (non-hydrogen) atoms. The Kier molecular flexibility index (Phi) is 6.88. The minimum absolute atomic E-state index is 0.0155. The molecule has 0 aliphatic carbocycles. The summed E-state index contributed by atoms with van der Waals surface area (Å²) in [5.41, 5.74) is 7.04. The SMILES string of the molecule is CC(C)C(=O)NCCNC(=O)C(C)C(N)c1ccccc1. The van der Waals surface area contributed by atoms with Crippen LogP contribution in [0.15, 0.2) is 30.3 Å². The molecule has 2 atom stereocenters. The van der Waals surface area contributed by atoms with Gasteiger partial charge in [-0.2, -0.15) is 0 Å². The van der Waals surface area contributed by atoms with E-state index in [1.165, 1.54) is 0 Å². The van der Waals surface area contributed by atoms with E-state index in [0.717, 1.165) is 5.56 Å². The van der Waals surface area contributed by atoms with E-state index < -0.39 is 0 Å². The number of carbonyl (C=O) groups is 2. The molecule has 0 saturated carbocycles. The molecular formula is C16H25N3O2. The fourth-order valence-electron chi connectivity index (χ4n) is 1.86. The van der Waals surface area contributed by atoms with Crippen LogP contribution in [-0.4, -0.2) is 24.9 Å². The molecule has 5 nitrogen and oxygen atoms in total. The summed E-state index contributed by atoms with van der Waals surface area (Å²) in [6.07, 6.45) is 0. The zero-order chi connectivity index (χ0) is 15.8. The Hall–Kier alpha value is -1.88. The van der Waals surface area contributed by atoms with Crippen molar-refractivity contribution in [2.45, 2.75) is 26.8 Å². The maximum atomic E-state index is 12.0. The lowest BCUT2D eigenvalue weighted by Crippen LogP contribution is -2.40. The van der Waals surface area contributed by atoms with Crippen LogP contribution in [-0.2, 0) is 9.59 Å². The average molecular weight is 291 g/mol. The predicted octanol–water partition coefficient (Wildman–Crippen LogP) is 1.21. The van der Waals surface area contributed by atoms with Crippen LogP contribution in [0.5, 0.6) is 0 Å². The van der Waals surface area contributed by atoms with Crippen molar-refractivity contribution in [1.82, 2.24) is 10.6 Å². The number of hydrogen-bond donors (Lipinski definition) is 3. The summed E-state index contributed by atoms with van der Waals surface area (Å²) in [4.78, 5) is 23.4. The Balaban J connectivity index is 2.36. The zero-order valence-corrected chi connectivity index (χ0v) is 12.9. The van der Waals surface area contributed by atoms with Gasteiger partial charge in [-0.05, 0) is 5.56 Å². The Morgan fingerprint density at radius 1 is 1.00 bits per heavy atom. The monoisotopic (exact) mass is 291 g/mol. The Morgan fingerprint density at radius 2 is 1.52 bits per heavy atom. The van der Waals surface area contributed by atoms with E-state index in [0.29, 0.717) is 13.1 Å². The fraction of sp³-hybridized carbons (Fsp3) is 0.500. The van der Waals surface area contributed by atoms with Crippen molar-refractivity contribution in [2.24, 2.45) is 17.6 Å². The van der Waals surface area contributed by atoms with Crippen LogP contribution in [0.3, 0.4) is 0 Å². The topological polar surface area (TPSA) is 84.2 Å². The highest BCUT2D eigenvalue weighted by molar-refractivity contribution is 5.79. The van der Waals surface area contributed by atoms with Gasteiger partial charge in [-0.3, -0.25) is 9.59 Å². The van der Waals surface area contributed by atoms with Gasteiger partial charge in [-0.1, -0.05) is 51.1 Å². The molecule has 0 heterocycles. The Morgan fingerprint density at radius 3 is 2.05 bits per heavy atom. The maximum absolute atomic E-state index is 12.0. The fourth-order valence-corrected chi connectivity index (χ4v) is 1.86. The lowest BCUT2D eigenvalue weighted by atomic mass is 9.95. The number of hydrogen-bond acceptors (Lipinski definition) is 3. The van der Waals surface area contributed by atoms with E-state index >= 15 is 0 Å². The van der Waals surface area contributed by atoms with Gasteiger partial charge in [-0.15, -0.1) is 0 Å². The maximum Gasteiger partial charge on any atom is 0.224 e. The summed E-state index contributed by atoms with van der Waals surface area (Å²) < 4.78 is 0. The van der Waals surface area contributed by atoms with Crippen LogP contribution in [0.4, 0.5) is 0 Å². The molecule has 0 spiro atoms. The van der Waals surface area contributed by atoms with Crippen molar-refractivity contribution in [3.8, 4) is 0 Å². The molecule has 2 amide bonds. The van der Waals surface area contributed by atoms with Gasteiger partial charge in [0.2, 0.25) is 11.8 Å². The molecule has 2 unspecified atom stereocenters. The summed E-state index contributed by atoms with van der Waals surface area (Å²) in [5, 5.41) is 5.55. The second-order valence-electron chi connectivity index (χ2n) is 5.46. The molecule has 1 rings (SSSR count). The first kappa shape index (κ1) is 17.2. The molecule has 0 bridgehead atoms. The number of rotatable bonds is 7. The minimum atomic E-state index is -0.337. The van der Waals surface area contributed by atoms with Gasteiger partial charge in [0.05, 0.1) is 5.92 Å². The molecule has 4 N–H and O–H groups in total. The molecule has 0 aliphatic heterocycles. The van der Waals surface area contributed by atoms with Crippen LogP contribution < -0.4 is 16.4 Å². The van der Waals surface area contributed by atoms with Crippen LogP contribution in [0.2, 0.25) is 0 Å².